The molecule has 0 saturated heterocycles. The van der Waals surface area contributed by atoms with Gasteiger partial charge in [0.1, 0.15) is 5.75 Å². The summed E-state index contributed by atoms with van der Waals surface area (Å²) in [5.41, 5.74) is 13.8. The summed E-state index contributed by atoms with van der Waals surface area (Å²) >= 11 is 0. The molecular weight excluding hydrogens is 611 g/mol. The van der Waals surface area contributed by atoms with E-state index >= 15 is 0 Å². The molecule has 5 N–H and O–H groups in total. The minimum atomic E-state index is -5.08. The van der Waals surface area contributed by atoms with Crippen molar-refractivity contribution in [2.75, 3.05) is 11.4 Å². The van der Waals surface area contributed by atoms with E-state index in [9.17, 15) is 27.9 Å². The second-order valence-corrected chi connectivity index (χ2v) is 11.4. The summed E-state index contributed by atoms with van der Waals surface area (Å²) in [6.45, 7) is 4.31. The molecule has 4 aromatic carbocycles. The maximum atomic E-state index is 13.5. The fraction of sp³-hybridized carbons (Fsp3) is 0.250. The summed E-state index contributed by atoms with van der Waals surface area (Å²) in [6.07, 6.45) is -3.38. The highest BCUT2D eigenvalue weighted by atomic mass is 19.4. The van der Waals surface area contributed by atoms with Crippen molar-refractivity contribution in [3.63, 3.8) is 0 Å². The van der Waals surface area contributed by atoms with Crippen molar-refractivity contribution in [1.29, 1.82) is 0 Å². The molecule has 5 rings (SSSR count). The number of carbonyl (C=O) groups is 3. The molecule has 47 heavy (non-hydrogen) atoms. The average Bonchev–Trinajstić information content (AvgIpc) is 3.03. The molecule has 1 aliphatic heterocycles. The summed E-state index contributed by atoms with van der Waals surface area (Å²) in [4.78, 5) is 37.5. The molecule has 0 unspecified atom stereocenters. The van der Waals surface area contributed by atoms with Crippen LogP contribution in [-0.2, 0) is 22.4 Å². The zero-order chi connectivity index (χ0) is 34.3. The minimum absolute atomic E-state index is 0.0579. The Balaban J connectivity index is 0.000000644. The summed E-state index contributed by atoms with van der Waals surface area (Å²) in [7, 11) is 0. The molecule has 4 aromatic rings. The number of anilines is 1. The fourth-order valence-corrected chi connectivity index (χ4v) is 5.59. The zero-order valence-electron chi connectivity index (χ0n) is 25.9. The third-order valence-corrected chi connectivity index (χ3v) is 7.92. The molecule has 1 aliphatic rings. The molecule has 2 amide bonds. The first-order chi connectivity index (χ1) is 22.2. The van der Waals surface area contributed by atoms with Crippen LogP contribution in [0.5, 0.6) is 5.75 Å². The van der Waals surface area contributed by atoms with Crippen LogP contribution in [0.1, 0.15) is 56.2 Å². The number of hydrogen-bond donors (Lipinski definition) is 4. The molecule has 0 fully saturated rings. The van der Waals surface area contributed by atoms with Crippen LogP contribution in [-0.4, -0.2) is 46.8 Å². The Hall–Kier alpha value is -5.16. The van der Waals surface area contributed by atoms with Gasteiger partial charge in [0, 0.05) is 17.8 Å². The quantitative estimate of drug-likeness (QED) is 0.194. The highest BCUT2D eigenvalue weighted by molar-refractivity contribution is 6.07. The number of alkyl halides is 3. The second-order valence-electron chi connectivity index (χ2n) is 11.4. The molecule has 2 atom stereocenters. The van der Waals surface area contributed by atoms with Crippen LogP contribution in [0.25, 0.3) is 0 Å². The van der Waals surface area contributed by atoms with Gasteiger partial charge >= 0.3 is 12.1 Å². The molecule has 0 spiro atoms. The number of benzene rings is 4. The summed E-state index contributed by atoms with van der Waals surface area (Å²) in [6, 6.07) is 28.0. The van der Waals surface area contributed by atoms with Gasteiger partial charge in [-0.25, -0.2) is 4.79 Å². The molecule has 0 radical (unpaired) electrons. The monoisotopic (exact) mass is 647 g/mol. The lowest BCUT2D eigenvalue weighted by molar-refractivity contribution is -0.192. The van der Waals surface area contributed by atoms with Crippen LogP contribution in [0.2, 0.25) is 0 Å². The lowest BCUT2D eigenvalue weighted by atomic mass is 9.91. The number of fused-ring (bicyclic) bond motifs is 1. The molecule has 0 aliphatic carbocycles. The number of hydrogen-bond acceptors (Lipinski definition) is 5. The van der Waals surface area contributed by atoms with E-state index in [4.69, 9.17) is 15.6 Å². The first kappa shape index (κ1) is 34.7. The van der Waals surface area contributed by atoms with E-state index in [1.165, 1.54) is 5.56 Å². The van der Waals surface area contributed by atoms with Crippen molar-refractivity contribution >= 4 is 23.5 Å². The number of aliphatic carboxylic acids is 1. The van der Waals surface area contributed by atoms with Gasteiger partial charge in [0.2, 0.25) is 5.91 Å². The standard InChI is InChI=1S/C34H35N3O3.C2HF3O2/c1-22-17-27(38)18-23(2)28(22)21-30(35)33(39)36-31-15-16-37(34(40)26-11-7-4-8-12-26)32-14-13-25(20-29(31)32)19-24-9-5-3-6-10-24;3-2(4,5)1(6)7/h3-14,17-18,20,30-31,38H,15-16,19,21,35H2,1-2H3,(H,36,39);(H,6,7)/t30-,31+;/m0./s1. The Kier molecular flexibility index (Phi) is 11.0. The Bertz CT molecular complexity index is 1710. The van der Waals surface area contributed by atoms with Gasteiger partial charge in [-0.3, -0.25) is 9.59 Å². The van der Waals surface area contributed by atoms with E-state index in [0.29, 0.717) is 24.9 Å². The molecule has 0 saturated carbocycles. The number of halogens is 3. The van der Waals surface area contributed by atoms with Gasteiger partial charge in [-0.2, -0.15) is 13.2 Å². The number of carboxylic acid groups (broad SMARTS) is 1. The highest BCUT2D eigenvalue weighted by Crippen LogP contribution is 2.36. The SMILES string of the molecule is Cc1cc(O)cc(C)c1C[C@H](N)C(=O)N[C@@H]1CCN(C(=O)c2ccccc2)c2ccc(Cc3ccccc3)cc21.O=C(O)C(F)(F)F. The van der Waals surface area contributed by atoms with Crippen molar-refractivity contribution in [2.45, 2.75) is 51.4 Å². The maximum absolute atomic E-state index is 13.5. The van der Waals surface area contributed by atoms with Gasteiger partial charge in [-0.05, 0) is 96.8 Å². The van der Waals surface area contributed by atoms with Gasteiger partial charge in [-0.15, -0.1) is 0 Å². The zero-order valence-corrected chi connectivity index (χ0v) is 25.9. The van der Waals surface area contributed by atoms with Crippen LogP contribution in [0.15, 0.2) is 91.0 Å². The van der Waals surface area contributed by atoms with Gasteiger partial charge < -0.3 is 26.2 Å². The molecule has 1 heterocycles. The number of rotatable bonds is 7. The van der Waals surface area contributed by atoms with Gasteiger partial charge in [0.05, 0.1) is 12.1 Å². The van der Waals surface area contributed by atoms with Crippen molar-refractivity contribution in [3.8, 4) is 5.75 Å². The number of phenolic OH excluding ortho intramolecular Hbond substituents is 1. The van der Waals surface area contributed by atoms with Crippen molar-refractivity contribution in [1.82, 2.24) is 5.32 Å². The first-order valence-corrected chi connectivity index (χ1v) is 14.9. The van der Waals surface area contributed by atoms with E-state index in [0.717, 1.165) is 39.9 Å². The topological polar surface area (TPSA) is 133 Å². The Morgan fingerprint density at radius 1 is 0.915 bits per heavy atom. The average molecular weight is 648 g/mol. The molecule has 0 bridgehead atoms. The Morgan fingerprint density at radius 3 is 2.06 bits per heavy atom. The number of phenols is 1. The Labute approximate surface area is 270 Å². The van der Waals surface area contributed by atoms with Gasteiger partial charge in [-0.1, -0.05) is 60.7 Å². The van der Waals surface area contributed by atoms with E-state index < -0.39 is 18.2 Å². The second kappa shape index (κ2) is 15.0. The third-order valence-electron chi connectivity index (χ3n) is 7.92. The molecule has 0 aromatic heterocycles. The van der Waals surface area contributed by atoms with Crippen LogP contribution in [0.3, 0.4) is 0 Å². The number of nitrogens with one attached hydrogen (secondary N) is 1. The van der Waals surface area contributed by atoms with E-state index in [2.05, 4.69) is 29.6 Å². The van der Waals surface area contributed by atoms with E-state index in [1.54, 1.807) is 12.1 Å². The van der Waals surface area contributed by atoms with Crippen LogP contribution >= 0.6 is 0 Å². The fourth-order valence-electron chi connectivity index (χ4n) is 5.59. The highest BCUT2D eigenvalue weighted by Gasteiger charge is 2.38. The molecule has 11 heteroatoms. The molecule has 246 valence electrons. The van der Waals surface area contributed by atoms with Crippen LogP contribution < -0.4 is 16.0 Å². The van der Waals surface area contributed by atoms with E-state index in [1.807, 2.05) is 73.3 Å². The van der Waals surface area contributed by atoms with Crippen molar-refractivity contribution in [2.24, 2.45) is 5.73 Å². The number of carboxylic acids is 1. The number of nitrogens with zero attached hydrogens (tertiary/aromatic N) is 1. The number of amides is 2. The largest absolute Gasteiger partial charge is 0.508 e. The number of nitrogens with two attached hydrogens (primary N) is 1. The predicted molar refractivity (Wildman–Crippen MR) is 172 cm³/mol. The van der Waals surface area contributed by atoms with Crippen molar-refractivity contribution < 1.29 is 37.8 Å². The van der Waals surface area contributed by atoms with Crippen LogP contribution in [0.4, 0.5) is 18.9 Å². The van der Waals surface area contributed by atoms with Crippen LogP contribution in [0, 0.1) is 13.8 Å². The normalized spacial score (nSPS) is 14.7. The maximum Gasteiger partial charge on any atom is 0.490 e. The van der Waals surface area contributed by atoms with Gasteiger partial charge in [0.15, 0.2) is 0 Å². The smallest absolute Gasteiger partial charge is 0.490 e. The summed E-state index contributed by atoms with van der Waals surface area (Å²) in [5, 5.41) is 20.2. The van der Waals surface area contributed by atoms with Crippen molar-refractivity contribution in [3.05, 3.63) is 130 Å². The predicted octanol–water partition coefficient (Wildman–Crippen LogP) is 6.01. The summed E-state index contributed by atoms with van der Waals surface area (Å²) < 4.78 is 31.7. The van der Waals surface area contributed by atoms with Gasteiger partial charge in [0.25, 0.3) is 5.91 Å². The third kappa shape index (κ3) is 8.98. The number of carbonyl (C=O) groups excluding carboxylic acids is 2. The lowest BCUT2D eigenvalue weighted by Crippen LogP contribution is -2.46. The van der Waals surface area contributed by atoms with E-state index in [-0.39, 0.29) is 23.6 Å². The minimum Gasteiger partial charge on any atom is -0.508 e. The number of aromatic hydroxyl groups is 1. The first-order valence-electron chi connectivity index (χ1n) is 14.9. The lowest BCUT2D eigenvalue weighted by Gasteiger charge is -2.35. The molecule has 8 nitrogen and oxygen atoms in total. The molecular formula is C36H36F3N3O5. The Morgan fingerprint density at radius 2 is 1.49 bits per heavy atom. The number of aryl methyl sites for hydroxylation is 2. The summed E-state index contributed by atoms with van der Waals surface area (Å²) in [5.74, 6) is -2.85.